The van der Waals surface area contributed by atoms with Crippen LogP contribution in [0.4, 0.5) is 0 Å². The lowest BCUT2D eigenvalue weighted by atomic mass is 10.7. The van der Waals surface area contributed by atoms with Crippen LogP contribution >= 0.6 is 0 Å². The fourth-order valence-corrected chi connectivity index (χ4v) is 0.118. The Bertz CT molecular complexity index is 26.7. The van der Waals surface area contributed by atoms with Gasteiger partial charge in [0.05, 0.1) is 6.61 Å². The summed E-state index contributed by atoms with van der Waals surface area (Å²) >= 11 is 0. The van der Waals surface area contributed by atoms with E-state index in [1.165, 1.54) is 0 Å². The Morgan fingerprint density at radius 3 is 2.33 bits per heavy atom. The van der Waals surface area contributed by atoms with E-state index >= 15 is 0 Å². The number of rotatable bonds is 2. The molecule has 0 aromatic heterocycles. The molecule has 0 amide bonds. The summed E-state index contributed by atoms with van der Waals surface area (Å²) in [6.07, 6.45) is 1.71. The van der Waals surface area contributed by atoms with Gasteiger partial charge in [-0.1, -0.05) is 6.08 Å². The van der Waals surface area contributed by atoms with Crippen molar-refractivity contribution in [2.75, 3.05) is 13.7 Å². The van der Waals surface area contributed by atoms with Gasteiger partial charge in [0.2, 0.25) is 0 Å². The maximum atomic E-state index is 4.57. The maximum Gasteiger partial charge on any atom is 0.0641 e. The van der Waals surface area contributed by atoms with Crippen molar-refractivity contribution in [2.24, 2.45) is 0 Å². The number of methoxy groups -OCH3 is 1. The summed E-state index contributed by atoms with van der Waals surface area (Å²) in [5.74, 6) is 0. The van der Waals surface area contributed by atoms with E-state index in [0.29, 0.717) is 6.61 Å². The van der Waals surface area contributed by atoms with Gasteiger partial charge < -0.3 is 10.2 Å². The van der Waals surface area contributed by atoms with Crippen LogP contribution in [0.15, 0.2) is 12.7 Å². The van der Waals surface area contributed by atoms with Gasteiger partial charge in [0, 0.05) is 7.11 Å². The molecule has 0 spiro atoms. The van der Waals surface area contributed by atoms with Gasteiger partial charge in [-0.3, -0.25) is 0 Å². The molecule has 0 aromatic rings. The first-order valence-electron chi connectivity index (χ1n) is 1.51. The summed E-state index contributed by atoms with van der Waals surface area (Å²) < 4.78 is 4.57. The second kappa shape index (κ2) is 8.82. The monoisotopic (exact) mass is 90.1 g/mol. The molecule has 0 radical (unpaired) electrons. The predicted molar refractivity (Wildman–Crippen MR) is 25.7 cm³/mol. The maximum absolute atomic E-state index is 4.57. The average Bonchev–Trinajstić information content (AvgIpc) is 1.41. The molecule has 0 unspecified atom stereocenters. The van der Waals surface area contributed by atoms with E-state index in [-0.39, 0.29) is 5.48 Å². The molecule has 2 N–H and O–H groups in total. The third kappa shape index (κ3) is 9.40. The molecular weight excluding hydrogens is 80.0 g/mol. The molecule has 0 aliphatic carbocycles. The molecule has 38 valence electrons. The molecule has 0 atom stereocenters. The van der Waals surface area contributed by atoms with E-state index in [1.54, 1.807) is 13.2 Å². The smallest absolute Gasteiger partial charge is 0.0641 e. The molecular formula is C4H10O2. The first kappa shape index (κ1) is 9.18. The quantitative estimate of drug-likeness (QED) is 0.440. The van der Waals surface area contributed by atoms with Crippen molar-refractivity contribution < 1.29 is 10.2 Å². The van der Waals surface area contributed by atoms with Crippen LogP contribution in [0.25, 0.3) is 0 Å². The topological polar surface area (TPSA) is 40.7 Å². The van der Waals surface area contributed by atoms with Gasteiger partial charge in [0.1, 0.15) is 0 Å². The summed E-state index contributed by atoms with van der Waals surface area (Å²) in [4.78, 5) is 0. The van der Waals surface area contributed by atoms with Gasteiger partial charge in [-0.05, 0) is 0 Å². The fraction of sp³-hybridized carbons (Fsp3) is 0.500. The predicted octanol–water partition coefficient (Wildman–Crippen LogP) is -0.00590. The standard InChI is InChI=1S/C4H8O.H2O/c1-3-4-5-2;/h3H,1,4H2,2H3;1H2. The van der Waals surface area contributed by atoms with E-state index < -0.39 is 0 Å². The summed E-state index contributed by atoms with van der Waals surface area (Å²) in [6, 6.07) is 0. The molecule has 0 saturated heterocycles. The zero-order valence-electron chi connectivity index (χ0n) is 3.90. The van der Waals surface area contributed by atoms with Crippen LogP contribution in [0.3, 0.4) is 0 Å². The fourth-order valence-electron chi connectivity index (χ4n) is 0.118. The Balaban J connectivity index is 0. The molecule has 0 aromatic carbocycles. The summed E-state index contributed by atoms with van der Waals surface area (Å²) in [5.41, 5.74) is 0. The zero-order chi connectivity index (χ0) is 4.12. The van der Waals surface area contributed by atoms with Gasteiger partial charge in [-0.15, -0.1) is 6.58 Å². The first-order valence-corrected chi connectivity index (χ1v) is 1.51. The van der Waals surface area contributed by atoms with Crippen LogP contribution in [0.1, 0.15) is 0 Å². The Morgan fingerprint density at radius 1 is 1.83 bits per heavy atom. The highest BCUT2D eigenvalue weighted by Crippen LogP contribution is 1.60. The van der Waals surface area contributed by atoms with Crippen LogP contribution in [0.2, 0.25) is 0 Å². The SMILES string of the molecule is C=CCOC.O. The zero-order valence-corrected chi connectivity index (χ0v) is 3.90. The molecule has 0 aliphatic rings. The van der Waals surface area contributed by atoms with Gasteiger partial charge >= 0.3 is 0 Å². The van der Waals surface area contributed by atoms with Crippen molar-refractivity contribution in [3.63, 3.8) is 0 Å². The first-order chi connectivity index (χ1) is 2.41. The Labute approximate surface area is 37.7 Å². The molecule has 0 heterocycles. The van der Waals surface area contributed by atoms with Crippen molar-refractivity contribution in [1.82, 2.24) is 0 Å². The number of ether oxygens (including phenoxy) is 1. The van der Waals surface area contributed by atoms with Crippen LogP contribution in [0, 0.1) is 0 Å². The van der Waals surface area contributed by atoms with E-state index in [4.69, 9.17) is 0 Å². The molecule has 0 fully saturated rings. The molecule has 2 heteroatoms. The van der Waals surface area contributed by atoms with Crippen molar-refractivity contribution in [2.45, 2.75) is 0 Å². The van der Waals surface area contributed by atoms with Gasteiger partial charge in [-0.25, -0.2) is 0 Å². The highest BCUT2D eigenvalue weighted by Gasteiger charge is 1.58. The van der Waals surface area contributed by atoms with E-state index in [1.807, 2.05) is 0 Å². The van der Waals surface area contributed by atoms with Gasteiger partial charge in [-0.2, -0.15) is 0 Å². The normalized spacial score (nSPS) is 6.17. The average molecular weight is 90.1 g/mol. The lowest BCUT2D eigenvalue weighted by molar-refractivity contribution is 0.234. The Morgan fingerprint density at radius 2 is 2.33 bits per heavy atom. The second-order valence-corrected chi connectivity index (χ2v) is 0.744. The summed E-state index contributed by atoms with van der Waals surface area (Å²) in [6.45, 7) is 4.08. The van der Waals surface area contributed by atoms with Gasteiger partial charge in [0.25, 0.3) is 0 Å². The van der Waals surface area contributed by atoms with Crippen LogP contribution in [-0.2, 0) is 4.74 Å². The number of hydrogen-bond acceptors (Lipinski definition) is 1. The molecule has 0 bridgehead atoms. The highest BCUT2D eigenvalue weighted by molar-refractivity contribution is 4.62. The van der Waals surface area contributed by atoms with Gasteiger partial charge in [0.15, 0.2) is 0 Å². The van der Waals surface area contributed by atoms with Crippen LogP contribution in [-0.4, -0.2) is 19.2 Å². The minimum atomic E-state index is 0. The van der Waals surface area contributed by atoms with E-state index in [2.05, 4.69) is 11.3 Å². The van der Waals surface area contributed by atoms with Crippen molar-refractivity contribution in [3.8, 4) is 0 Å². The van der Waals surface area contributed by atoms with Crippen molar-refractivity contribution in [1.29, 1.82) is 0 Å². The lowest BCUT2D eigenvalue weighted by Crippen LogP contribution is -1.76. The third-order valence-electron chi connectivity index (χ3n) is 0.285. The lowest BCUT2D eigenvalue weighted by Gasteiger charge is -1.79. The van der Waals surface area contributed by atoms with E-state index in [0.717, 1.165) is 0 Å². The molecule has 0 rings (SSSR count). The summed E-state index contributed by atoms with van der Waals surface area (Å²) in [5, 5.41) is 0. The van der Waals surface area contributed by atoms with E-state index in [9.17, 15) is 0 Å². The Hall–Kier alpha value is -0.340. The second-order valence-electron chi connectivity index (χ2n) is 0.744. The minimum absolute atomic E-state index is 0. The van der Waals surface area contributed by atoms with Crippen LogP contribution in [0.5, 0.6) is 0 Å². The summed E-state index contributed by atoms with van der Waals surface area (Å²) in [7, 11) is 1.64. The third-order valence-corrected chi connectivity index (χ3v) is 0.285. The van der Waals surface area contributed by atoms with Crippen molar-refractivity contribution >= 4 is 0 Å². The molecule has 0 aliphatic heterocycles. The van der Waals surface area contributed by atoms with Crippen LogP contribution < -0.4 is 0 Å². The molecule has 0 saturated carbocycles. The largest absolute Gasteiger partial charge is 0.412 e. The molecule has 2 nitrogen and oxygen atoms in total. The minimum Gasteiger partial charge on any atom is -0.412 e. The highest BCUT2D eigenvalue weighted by atomic mass is 16.5. The Kier molecular flexibility index (Phi) is 13.5. The van der Waals surface area contributed by atoms with Crippen molar-refractivity contribution in [3.05, 3.63) is 12.7 Å². The molecule has 6 heavy (non-hydrogen) atoms. The number of hydrogen-bond donors (Lipinski definition) is 0.